The van der Waals surface area contributed by atoms with E-state index in [1.54, 1.807) is 11.3 Å². The molecule has 1 atom stereocenters. The van der Waals surface area contributed by atoms with Crippen molar-refractivity contribution >= 4 is 16.5 Å². The summed E-state index contributed by atoms with van der Waals surface area (Å²) in [5, 5.41) is 21.1. The summed E-state index contributed by atoms with van der Waals surface area (Å²) in [7, 11) is 0. The summed E-state index contributed by atoms with van der Waals surface area (Å²) in [6, 6.07) is 6.77. The van der Waals surface area contributed by atoms with Crippen molar-refractivity contribution in [1.29, 1.82) is 0 Å². The minimum Gasteiger partial charge on any atom is -0.360 e. The Morgan fingerprint density at radius 2 is 2.19 bits per heavy atom. The standard InChI is InChI=1S/C19H24N6OS/c1-12(2)22-17-11-25(6-7-26-17)19-24-23-18(27-19)16-5-4-14(8-13(16)3)15-9-20-21-10-15/h4-5,8-10,12,17,22H,6-7,11H2,1-3H3,(H,20,21). The highest BCUT2D eigenvalue weighted by Gasteiger charge is 2.24. The van der Waals surface area contributed by atoms with Crippen LogP contribution in [0.5, 0.6) is 0 Å². The van der Waals surface area contributed by atoms with Gasteiger partial charge in [0.1, 0.15) is 11.2 Å². The normalized spacial score (nSPS) is 17.6. The number of benzene rings is 1. The lowest BCUT2D eigenvalue weighted by Gasteiger charge is -2.33. The van der Waals surface area contributed by atoms with E-state index in [0.717, 1.165) is 39.9 Å². The minimum atomic E-state index is 0.0297. The van der Waals surface area contributed by atoms with Crippen LogP contribution in [0.25, 0.3) is 21.7 Å². The van der Waals surface area contributed by atoms with Crippen LogP contribution in [0.1, 0.15) is 19.4 Å². The van der Waals surface area contributed by atoms with Gasteiger partial charge in [0.2, 0.25) is 5.13 Å². The van der Waals surface area contributed by atoms with Crippen molar-refractivity contribution < 1.29 is 4.74 Å². The maximum absolute atomic E-state index is 5.80. The molecule has 0 bridgehead atoms. The quantitative estimate of drug-likeness (QED) is 0.704. The third-order valence-corrected chi connectivity index (χ3v) is 5.58. The molecule has 0 radical (unpaired) electrons. The zero-order valence-electron chi connectivity index (χ0n) is 15.8. The maximum Gasteiger partial charge on any atom is 0.208 e. The van der Waals surface area contributed by atoms with Crippen LogP contribution in [0.15, 0.2) is 30.6 Å². The van der Waals surface area contributed by atoms with Crippen molar-refractivity contribution in [2.24, 2.45) is 0 Å². The first-order valence-electron chi connectivity index (χ1n) is 9.16. The summed E-state index contributed by atoms with van der Waals surface area (Å²) >= 11 is 1.63. The van der Waals surface area contributed by atoms with E-state index < -0.39 is 0 Å². The number of nitrogens with zero attached hydrogens (tertiary/aromatic N) is 4. The lowest BCUT2D eigenvalue weighted by atomic mass is 10.0. The van der Waals surface area contributed by atoms with Gasteiger partial charge in [0.25, 0.3) is 0 Å². The molecule has 1 fully saturated rings. The Hall–Kier alpha value is -2.29. The van der Waals surface area contributed by atoms with Gasteiger partial charge in [-0.2, -0.15) is 5.10 Å². The van der Waals surface area contributed by atoms with Crippen LogP contribution in [0.4, 0.5) is 5.13 Å². The molecule has 0 spiro atoms. The van der Waals surface area contributed by atoms with Crippen molar-refractivity contribution in [1.82, 2.24) is 25.7 Å². The van der Waals surface area contributed by atoms with Crippen LogP contribution in [-0.2, 0) is 4.74 Å². The summed E-state index contributed by atoms with van der Waals surface area (Å²) < 4.78 is 5.80. The number of H-pyrrole nitrogens is 1. The summed E-state index contributed by atoms with van der Waals surface area (Å²) in [6.07, 6.45) is 3.76. The lowest BCUT2D eigenvalue weighted by molar-refractivity contribution is 0.0130. The number of rotatable bonds is 5. The number of aromatic nitrogens is 4. The summed E-state index contributed by atoms with van der Waals surface area (Å²) in [4.78, 5) is 2.25. The van der Waals surface area contributed by atoms with E-state index in [0.29, 0.717) is 12.6 Å². The molecule has 4 rings (SSSR count). The van der Waals surface area contributed by atoms with Crippen LogP contribution in [-0.4, -0.2) is 52.4 Å². The molecule has 2 N–H and O–H groups in total. The van der Waals surface area contributed by atoms with E-state index in [-0.39, 0.29) is 6.23 Å². The SMILES string of the molecule is Cc1cc(-c2cn[nH]c2)ccc1-c1nnc(N2CCOC(NC(C)C)C2)s1. The van der Waals surface area contributed by atoms with Gasteiger partial charge in [-0.3, -0.25) is 10.4 Å². The Bertz CT molecular complexity index is 892. The Labute approximate surface area is 162 Å². The van der Waals surface area contributed by atoms with Gasteiger partial charge in [-0.25, -0.2) is 0 Å². The zero-order chi connectivity index (χ0) is 18.8. The lowest BCUT2D eigenvalue weighted by Crippen LogP contribution is -2.51. The van der Waals surface area contributed by atoms with Crippen LogP contribution >= 0.6 is 11.3 Å². The third-order valence-electron chi connectivity index (χ3n) is 4.56. The minimum absolute atomic E-state index is 0.0297. The van der Waals surface area contributed by atoms with Gasteiger partial charge in [-0.05, 0) is 31.9 Å². The first-order chi connectivity index (χ1) is 13.1. The predicted molar refractivity (Wildman–Crippen MR) is 108 cm³/mol. The first kappa shape index (κ1) is 18.1. The Kier molecular flexibility index (Phi) is 5.20. The van der Waals surface area contributed by atoms with Gasteiger partial charge in [-0.1, -0.05) is 29.5 Å². The fraction of sp³-hybridized carbons (Fsp3) is 0.421. The Morgan fingerprint density at radius 3 is 2.93 bits per heavy atom. The van der Waals surface area contributed by atoms with Crippen molar-refractivity contribution in [3.05, 3.63) is 36.2 Å². The highest BCUT2D eigenvalue weighted by molar-refractivity contribution is 7.18. The molecule has 142 valence electrons. The Morgan fingerprint density at radius 1 is 1.30 bits per heavy atom. The fourth-order valence-electron chi connectivity index (χ4n) is 3.24. The second kappa shape index (κ2) is 7.75. The molecule has 1 aromatic carbocycles. The monoisotopic (exact) mass is 384 g/mol. The maximum atomic E-state index is 5.80. The number of morpholine rings is 1. The van der Waals surface area contributed by atoms with Gasteiger partial charge < -0.3 is 9.64 Å². The average Bonchev–Trinajstić information content (AvgIpc) is 3.33. The van der Waals surface area contributed by atoms with Crippen molar-refractivity contribution in [2.45, 2.75) is 33.0 Å². The molecule has 1 unspecified atom stereocenters. The van der Waals surface area contributed by atoms with Crippen LogP contribution < -0.4 is 10.2 Å². The van der Waals surface area contributed by atoms with Gasteiger partial charge in [0.05, 0.1) is 19.3 Å². The van der Waals surface area contributed by atoms with Gasteiger partial charge in [0.15, 0.2) is 0 Å². The number of ether oxygens (including phenoxy) is 1. The van der Waals surface area contributed by atoms with Gasteiger partial charge in [-0.15, -0.1) is 10.2 Å². The number of nitrogens with one attached hydrogen (secondary N) is 2. The molecule has 1 saturated heterocycles. The number of hydrogen-bond acceptors (Lipinski definition) is 7. The first-order valence-corrected chi connectivity index (χ1v) is 9.98. The largest absolute Gasteiger partial charge is 0.360 e. The van der Waals surface area contributed by atoms with Crippen LogP contribution in [0.3, 0.4) is 0 Å². The second-order valence-corrected chi connectivity index (χ2v) is 7.99. The van der Waals surface area contributed by atoms with E-state index in [4.69, 9.17) is 4.74 Å². The van der Waals surface area contributed by atoms with E-state index in [9.17, 15) is 0 Å². The third kappa shape index (κ3) is 4.02. The van der Waals surface area contributed by atoms with Crippen LogP contribution in [0.2, 0.25) is 0 Å². The second-order valence-electron chi connectivity index (χ2n) is 7.03. The summed E-state index contributed by atoms with van der Waals surface area (Å²) in [5.41, 5.74) is 4.53. The highest BCUT2D eigenvalue weighted by atomic mass is 32.1. The average molecular weight is 385 g/mol. The van der Waals surface area contributed by atoms with Gasteiger partial charge in [0, 0.05) is 29.9 Å². The molecule has 0 amide bonds. The molecule has 0 aliphatic carbocycles. The van der Waals surface area contributed by atoms with E-state index >= 15 is 0 Å². The van der Waals surface area contributed by atoms with E-state index in [1.807, 2.05) is 12.4 Å². The molecule has 7 nitrogen and oxygen atoms in total. The number of hydrogen-bond donors (Lipinski definition) is 2. The molecule has 27 heavy (non-hydrogen) atoms. The topological polar surface area (TPSA) is 79.0 Å². The molecule has 1 aliphatic heterocycles. The van der Waals surface area contributed by atoms with Crippen molar-refractivity contribution in [2.75, 3.05) is 24.6 Å². The van der Waals surface area contributed by atoms with E-state index in [2.05, 4.69) is 69.6 Å². The number of aryl methyl sites for hydroxylation is 1. The van der Waals surface area contributed by atoms with Crippen LogP contribution in [0, 0.1) is 6.92 Å². The molecule has 3 heterocycles. The molecular formula is C19H24N6OS. The highest BCUT2D eigenvalue weighted by Crippen LogP contribution is 2.33. The number of aromatic amines is 1. The molecule has 0 saturated carbocycles. The number of anilines is 1. The van der Waals surface area contributed by atoms with E-state index in [1.165, 1.54) is 5.56 Å². The predicted octanol–water partition coefficient (Wildman–Crippen LogP) is 3.06. The smallest absolute Gasteiger partial charge is 0.208 e. The Balaban J connectivity index is 1.52. The molecular weight excluding hydrogens is 360 g/mol. The summed E-state index contributed by atoms with van der Waals surface area (Å²) in [5.74, 6) is 0. The molecule has 1 aliphatic rings. The summed E-state index contributed by atoms with van der Waals surface area (Å²) in [6.45, 7) is 8.67. The van der Waals surface area contributed by atoms with Crippen molar-refractivity contribution in [3.63, 3.8) is 0 Å². The fourth-order valence-corrected chi connectivity index (χ4v) is 4.21. The molecule has 2 aromatic heterocycles. The van der Waals surface area contributed by atoms with Crippen molar-refractivity contribution in [3.8, 4) is 21.7 Å². The molecule has 3 aromatic rings. The molecule has 8 heteroatoms. The van der Waals surface area contributed by atoms with Gasteiger partial charge >= 0.3 is 0 Å². The zero-order valence-corrected chi connectivity index (χ0v) is 16.6.